The number of nitrogens with one attached hydrogen (secondary N) is 3. The van der Waals surface area contributed by atoms with E-state index in [-0.39, 0.29) is 42.8 Å². The van der Waals surface area contributed by atoms with Crippen molar-refractivity contribution in [1.29, 1.82) is 0 Å². The maximum atomic E-state index is 13.0. The van der Waals surface area contributed by atoms with Crippen LogP contribution in [0.15, 0.2) is 18.2 Å². The Morgan fingerprint density at radius 2 is 1.87 bits per heavy atom. The second kappa shape index (κ2) is 11.3. The van der Waals surface area contributed by atoms with Crippen LogP contribution in [0.5, 0.6) is 5.75 Å². The Morgan fingerprint density at radius 1 is 1.06 bits per heavy atom. The van der Waals surface area contributed by atoms with E-state index in [0.29, 0.717) is 24.7 Å². The van der Waals surface area contributed by atoms with Gasteiger partial charge in [-0.25, -0.2) is 0 Å². The highest BCUT2D eigenvalue weighted by molar-refractivity contribution is 6.30. The van der Waals surface area contributed by atoms with Gasteiger partial charge in [-0.3, -0.25) is 14.4 Å². The molecular weight excluding hydrogens is 420 g/mol. The van der Waals surface area contributed by atoms with Crippen LogP contribution in [0.3, 0.4) is 0 Å². The van der Waals surface area contributed by atoms with E-state index >= 15 is 0 Å². The van der Waals surface area contributed by atoms with E-state index in [1.54, 1.807) is 13.1 Å². The monoisotopic (exact) mass is 450 g/mol. The molecular formula is C22H31ClN4O4. The number of hydrogen-bond acceptors (Lipinski definition) is 5. The molecule has 3 amide bonds. The summed E-state index contributed by atoms with van der Waals surface area (Å²) in [5, 5.41) is 9.30. The lowest BCUT2D eigenvalue weighted by Gasteiger charge is -2.35. The van der Waals surface area contributed by atoms with Crippen LogP contribution in [0, 0.1) is 5.92 Å². The average molecular weight is 451 g/mol. The molecule has 0 spiro atoms. The second-order valence-corrected chi connectivity index (χ2v) is 8.58. The molecule has 0 aromatic heterocycles. The predicted molar refractivity (Wildman–Crippen MR) is 118 cm³/mol. The zero-order chi connectivity index (χ0) is 22.2. The lowest BCUT2D eigenvalue weighted by atomic mass is 9.79. The van der Waals surface area contributed by atoms with Crippen LogP contribution in [0.2, 0.25) is 5.02 Å². The number of carbonyl (C=O) groups is 3. The first kappa shape index (κ1) is 23.3. The van der Waals surface area contributed by atoms with E-state index < -0.39 is 0 Å². The average Bonchev–Trinajstić information content (AvgIpc) is 2.70. The molecule has 1 aromatic rings. The Labute approximate surface area is 188 Å². The van der Waals surface area contributed by atoms with Crippen molar-refractivity contribution < 1.29 is 19.1 Å². The van der Waals surface area contributed by atoms with Crippen molar-refractivity contribution in [1.82, 2.24) is 20.9 Å². The van der Waals surface area contributed by atoms with Gasteiger partial charge in [0.05, 0.1) is 19.1 Å². The van der Waals surface area contributed by atoms with Gasteiger partial charge in [0.25, 0.3) is 0 Å². The Hall–Kier alpha value is -2.32. The van der Waals surface area contributed by atoms with Gasteiger partial charge in [0.1, 0.15) is 12.4 Å². The second-order valence-electron chi connectivity index (χ2n) is 8.15. The summed E-state index contributed by atoms with van der Waals surface area (Å²) in [4.78, 5) is 38.5. The van der Waals surface area contributed by atoms with Crippen LogP contribution >= 0.6 is 11.6 Å². The van der Waals surface area contributed by atoms with Crippen molar-refractivity contribution in [3.63, 3.8) is 0 Å². The summed E-state index contributed by atoms with van der Waals surface area (Å²) in [7, 11) is 1.61. The molecule has 1 heterocycles. The highest BCUT2D eigenvalue weighted by atomic mass is 35.5. The molecule has 8 nitrogen and oxygen atoms in total. The van der Waals surface area contributed by atoms with Gasteiger partial charge >= 0.3 is 0 Å². The quantitative estimate of drug-likeness (QED) is 0.595. The number of ether oxygens (including phenoxy) is 1. The van der Waals surface area contributed by atoms with Crippen LogP contribution in [-0.2, 0) is 20.8 Å². The van der Waals surface area contributed by atoms with E-state index in [9.17, 15) is 14.4 Å². The first-order valence-corrected chi connectivity index (χ1v) is 11.2. The summed E-state index contributed by atoms with van der Waals surface area (Å²) >= 11 is 6.14. The minimum atomic E-state index is -0.353. The molecule has 1 unspecified atom stereocenters. The molecule has 1 saturated carbocycles. The van der Waals surface area contributed by atoms with Crippen molar-refractivity contribution in [3.8, 4) is 5.75 Å². The number of halogens is 1. The number of rotatable bonds is 1. The van der Waals surface area contributed by atoms with Crippen molar-refractivity contribution in [2.45, 2.75) is 38.1 Å². The molecule has 1 atom stereocenters. The van der Waals surface area contributed by atoms with Gasteiger partial charge in [0.15, 0.2) is 0 Å². The maximum Gasteiger partial charge on any atom is 0.240 e. The van der Waals surface area contributed by atoms with Gasteiger partial charge in [0, 0.05) is 25.2 Å². The Kier molecular flexibility index (Phi) is 8.54. The Bertz CT molecular complexity index is 800. The summed E-state index contributed by atoms with van der Waals surface area (Å²) in [6.07, 6.45) is 4.54. The lowest BCUT2D eigenvalue weighted by Crippen LogP contribution is -2.53. The fourth-order valence-electron chi connectivity index (χ4n) is 3.81. The van der Waals surface area contributed by atoms with Gasteiger partial charge in [-0.2, -0.15) is 0 Å². The fourth-order valence-corrected chi connectivity index (χ4v) is 3.97. The fraction of sp³-hybridized carbons (Fsp3) is 0.591. The molecule has 1 aliphatic heterocycles. The molecule has 1 aliphatic carbocycles. The summed E-state index contributed by atoms with van der Waals surface area (Å²) < 4.78 is 5.97. The number of likely N-dealkylation sites (N-methyl/N-ethyl adjacent to an activating group) is 1. The van der Waals surface area contributed by atoms with E-state index in [0.717, 1.165) is 43.4 Å². The van der Waals surface area contributed by atoms with Gasteiger partial charge in [-0.1, -0.05) is 24.1 Å². The first-order chi connectivity index (χ1) is 14.9. The standard InChI is InChI=1S/C22H31ClN4O4/c1-27-14-20(29)26-13-19(28)24-9-3-6-15-7-8-17(23)12-18(15)31-11-10-25-21(22(27)30)16-4-2-5-16/h7-8,12,16,21,25H,2-6,9-11,13-14H2,1H3,(H,24,28)(H,26,29). The molecule has 1 fully saturated rings. The normalized spacial score (nSPS) is 22.8. The smallest absolute Gasteiger partial charge is 0.240 e. The molecule has 0 radical (unpaired) electrons. The van der Waals surface area contributed by atoms with Gasteiger partial charge in [-0.05, 0) is 49.3 Å². The van der Waals surface area contributed by atoms with Crippen molar-refractivity contribution in [2.75, 3.05) is 39.8 Å². The van der Waals surface area contributed by atoms with Gasteiger partial charge in [0.2, 0.25) is 17.7 Å². The highest BCUT2D eigenvalue weighted by Gasteiger charge is 2.34. The Balaban J connectivity index is 1.71. The lowest BCUT2D eigenvalue weighted by molar-refractivity contribution is -0.138. The van der Waals surface area contributed by atoms with E-state index in [1.807, 2.05) is 12.1 Å². The van der Waals surface area contributed by atoms with Crippen LogP contribution in [-0.4, -0.2) is 68.5 Å². The summed E-state index contributed by atoms with van der Waals surface area (Å²) in [6.45, 7) is 1.19. The molecule has 3 rings (SSSR count). The topological polar surface area (TPSA) is 99.8 Å². The molecule has 3 N–H and O–H groups in total. The zero-order valence-corrected chi connectivity index (χ0v) is 18.7. The van der Waals surface area contributed by atoms with Gasteiger partial charge in [-0.15, -0.1) is 0 Å². The summed E-state index contributed by atoms with van der Waals surface area (Å²) in [5.74, 6) is 0.251. The third-order valence-corrected chi connectivity index (χ3v) is 6.02. The SMILES string of the molecule is CN1CC(=O)NCC(=O)NCCCc2ccc(Cl)cc2OCCNC(C2CCC2)C1=O. The number of carbonyl (C=O) groups excluding carboxylic acids is 3. The summed E-state index contributed by atoms with van der Waals surface area (Å²) in [6, 6.07) is 5.20. The van der Waals surface area contributed by atoms with Crippen molar-refractivity contribution >= 4 is 29.3 Å². The van der Waals surface area contributed by atoms with Crippen LogP contribution < -0.4 is 20.7 Å². The van der Waals surface area contributed by atoms with Crippen LogP contribution in [0.4, 0.5) is 0 Å². The molecule has 0 bridgehead atoms. The van der Waals surface area contributed by atoms with E-state index in [2.05, 4.69) is 16.0 Å². The molecule has 9 heteroatoms. The number of fused-ring (bicyclic) bond motifs is 1. The van der Waals surface area contributed by atoms with Gasteiger partial charge < -0.3 is 25.6 Å². The summed E-state index contributed by atoms with van der Waals surface area (Å²) in [5.41, 5.74) is 1.01. The number of benzene rings is 1. The molecule has 170 valence electrons. The maximum absolute atomic E-state index is 13.0. The number of hydrogen-bond donors (Lipinski definition) is 3. The highest BCUT2D eigenvalue weighted by Crippen LogP contribution is 2.30. The zero-order valence-electron chi connectivity index (χ0n) is 17.9. The molecule has 2 aliphatic rings. The predicted octanol–water partition coefficient (Wildman–Crippen LogP) is 1.11. The minimum absolute atomic E-state index is 0.0839. The minimum Gasteiger partial charge on any atom is -0.492 e. The van der Waals surface area contributed by atoms with Crippen LogP contribution in [0.1, 0.15) is 31.2 Å². The number of amides is 3. The third kappa shape index (κ3) is 6.83. The molecule has 0 saturated heterocycles. The molecule has 1 aromatic carbocycles. The number of aryl methyl sites for hydroxylation is 1. The third-order valence-electron chi connectivity index (χ3n) is 5.79. The van der Waals surface area contributed by atoms with Crippen molar-refractivity contribution in [3.05, 3.63) is 28.8 Å². The van der Waals surface area contributed by atoms with Crippen LogP contribution in [0.25, 0.3) is 0 Å². The largest absolute Gasteiger partial charge is 0.492 e. The number of nitrogens with zero attached hydrogens (tertiary/aromatic N) is 1. The van der Waals surface area contributed by atoms with E-state index in [1.165, 1.54) is 4.90 Å². The first-order valence-electron chi connectivity index (χ1n) is 10.9. The van der Waals surface area contributed by atoms with Crippen molar-refractivity contribution in [2.24, 2.45) is 5.92 Å². The Morgan fingerprint density at radius 3 is 2.61 bits per heavy atom. The van der Waals surface area contributed by atoms with E-state index in [4.69, 9.17) is 16.3 Å². The molecule has 31 heavy (non-hydrogen) atoms.